The maximum atomic E-state index is 11.4. The molecule has 2 heterocycles. The smallest absolute Gasteiger partial charge is 0.207 e. The number of rotatable bonds is 3. The number of nitrogens with two attached hydrogens (primary N) is 2. The molecule has 4 rings (SSSR count). The summed E-state index contributed by atoms with van der Waals surface area (Å²) in [5.74, 6) is 1.33. The third kappa shape index (κ3) is 2.76. The van der Waals surface area contributed by atoms with Gasteiger partial charge in [-0.05, 0) is 23.3 Å². The summed E-state index contributed by atoms with van der Waals surface area (Å²) in [5, 5.41) is 0.843. The Balaban J connectivity index is 1.94. The number of aromatic nitrogens is 2. The summed E-state index contributed by atoms with van der Waals surface area (Å²) >= 11 is 1.65. The van der Waals surface area contributed by atoms with Crippen LogP contribution in [0.3, 0.4) is 0 Å². The normalized spacial score (nSPS) is 15.0. The van der Waals surface area contributed by atoms with Gasteiger partial charge in [0.15, 0.2) is 11.5 Å². The first-order chi connectivity index (χ1) is 12.7. The van der Waals surface area contributed by atoms with Crippen molar-refractivity contribution in [2.45, 2.75) is 0 Å². The second kappa shape index (κ2) is 6.68. The average molecular weight is 363 g/mol. The summed E-state index contributed by atoms with van der Waals surface area (Å²) in [6.07, 6.45) is 0.676. The predicted octanol–water partition coefficient (Wildman–Crippen LogP) is 2.49. The van der Waals surface area contributed by atoms with Gasteiger partial charge in [0.2, 0.25) is 5.95 Å². The van der Waals surface area contributed by atoms with Crippen molar-refractivity contribution < 1.29 is 4.79 Å². The zero-order valence-corrected chi connectivity index (χ0v) is 14.7. The molecule has 0 saturated carbocycles. The van der Waals surface area contributed by atoms with Gasteiger partial charge < -0.3 is 11.5 Å². The lowest BCUT2D eigenvalue weighted by molar-refractivity contribution is -0.104. The average Bonchev–Trinajstić information content (AvgIpc) is 3.29. The van der Waals surface area contributed by atoms with E-state index in [2.05, 4.69) is 9.98 Å². The minimum Gasteiger partial charge on any atom is -0.396 e. The number of thioether (sulfide) groups is 1. The molecular formula is C19H17N5OS. The molecule has 130 valence electrons. The maximum Gasteiger partial charge on any atom is 0.207 e. The summed E-state index contributed by atoms with van der Waals surface area (Å²) in [6.45, 7) is 0.770. The van der Waals surface area contributed by atoms with E-state index in [1.54, 1.807) is 11.8 Å². The molecule has 3 aromatic rings. The highest BCUT2D eigenvalue weighted by atomic mass is 32.2. The van der Waals surface area contributed by atoms with E-state index in [0.29, 0.717) is 17.8 Å². The Hall–Kier alpha value is -3.06. The van der Waals surface area contributed by atoms with E-state index in [4.69, 9.17) is 11.5 Å². The molecule has 1 aliphatic heterocycles. The number of benzene rings is 2. The van der Waals surface area contributed by atoms with Crippen LogP contribution in [0.4, 0.5) is 5.95 Å². The number of hydrogen-bond donors (Lipinski definition) is 2. The molecule has 2 aromatic carbocycles. The second-order valence-electron chi connectivity index (χ2n) is 5.84. The number of imidazole rings is 1. The van der Waals surface area contributed by atoms with Gasteiger partial charge in [-0.15, -0.1) is 0 Å². The Bertz CT molecular complexity index is 1050. The number of carbonyl (C=O) groups excluding carboxylic acids is 1. The second-order valence-corrected chi connectivity index (χ2v) is 6.90. The zero-order chi connectivity index (χ0) is 18.1. The number of nitrogen functional groups attached to an aromatic ring is 1. The van der Waals surface area contributed by atoms with Crippen molar-refractivity contribution in [2.75, 3.05) is 18.0 Å². The van der Waals surface area contributed by atoms with Gasteiger partial charge >= 0.3 is 0 Å². The van der Waals surface area contributed by atoms with Gasteiger partial charge in [0, 0.05) is 11.3 Å². The Morgan fingerprint density at radius 1 is 1.15 bits per heavy atom. The third-order valence-corrected chi connectivity index (χ3v) is 5.16. The Labute approximate surface area is 154 Å². The summed E-state index contributed by atoms with van der Waals surface area (Å²) in [4.78, 5) is 20.3. The van der Waals surface area contributed by atoms with Gasteiger partial charge in [0.25, 0.3) is 0 Å². The summed E-state index contributed by atoms with van der Waals surface area (Å²) in [7, 11) is 0. The molecule has 7 heteroatoms. The van der Waals surface area contributed by atoms with Crippen molar-refractivity contribution in [3.63, 3.8) is 0 Å². The number of hydrogen-bond acceptors (Lipinski definition) is 6. The van der Waals surface area contributed by atoms with E-state index in [-0.39, 0.29) is 5.70 Å². The Kier molecular flexibility index (Phi) is 4.22. The first-order valence-corrected chi connectivity index (χ1v) is 9.14. The first kappa shape index (κ1) is 16.4. The highest BCUT2D eigenvalue weighted by Crippen LogP contribution is 2.30. The highest BCUT2D eigenvalue weighted by molar-refractivity contribution is 8.14. The molecule has 0 atom stereocenters. The van der Waals surface area contributed by atoms with Crippen molar-refractivity contribution in [2.24, 2.45) is 10.7 Å². The van der Waals surface area contributed by atoms with Gasteiger partial charge in [-0.3, -0.25) is 14.4 Å². The number of aldehydes is 1. The predicted molar refractivity (Wildman–Crippen MR) is 107 cm³/mol. The van der Waals surface area contributed by atoms with Crippen molar-refractivity contribution in [1.29, 1.82) is 0 Å². The fourth-order valence-electron chi connectivity index (χ4n) is 3.07. The fraction of sp³-hybridized carbons (Fsp3) is 0.105. The Morgan fingerprint density at radius 2 is 1.96 bits per heavy atom. The van der Waals surface area contributed by atoms with E-state index in [1.807, 2.05) is 53.1 Å². The number of anilines is 1. The molecule has 0 saturated heterocycles. The van der Waals surface area contributed by atoms with E-state index < -0.39 is 0 Å². The van der Waals surface area contributed by atoms with Crippen LogP contribution in [0.25, 0.3) is 16.6 Å². The lowest BCUT2D eigenvalue weighted by atomic mass is 9.96. The molecule has 0 spiro atoms. The van der Waals surface area contributed by atoms with Crippen LogP contribution in [-0.4, -0.2) is 33.3 Å². The van der Waals surface area contributed by atoms with Crippen LogP contribution in [0.2, 0.25) is 0 Å². The number of fused-ring (bicyclic) bond motifs is 1. The molecular weight excluding hydrogens is 346 g/mol. The highest BCUT2D eigenvalue weighted by Gasteiger charge is 2.18. The number of nitrogens with zero attached hydrogens (tertiary/aromatic N) is 3. The van der Waals surface area contributed by atoms with E-state index in [0.717, 1.165) is 39.6 Å². The van der Waals surface area contributed by atoms with Gasteiger partial charge in [-0.1, -0.05) is 48.2 Å². The van der Waals surface area contributed by atoms with Crippen LogP contribution in [0, 0.1) is 0 Å². The lowest BCUT2D eigenvalue weighted by Gasteiger charge is -2.11. The summed E-state index contributed by atoms with van der Waals surface area (Å²) in [6, 6.07) is 15.4. The third-order valence-electron chi connectivity index (χ3n) is 4.21. The molecule has 0 aliphatic carbocycles. The first-order valence-electron chi connectivity index (χ1n) is 8.15. The monoisotopic (exact) mass is 363 g/mol. The van der Waals surface area contributed by atoms with Crippen LogP contribution in [-0.2, 0) is 4.79 Å². The lowest BCUT2D eigenvalue weighted by Crippen LogP contribution is -2.09. The molecule has 4 N–H and O–H groups in total. The molecule has 0 bridgehead atoms. The topological polar surface area (TPSA) is 99.3 Å². The van der Waals surface area contributed by atoms with Crippen molar-refractivity contribution >= 4 is 45.8 Å². The summed E-state index contributed by atoms with van der Waals surface area (Å²) < 4.78 is 1.86. The zero-order valence-electron chi connectivity index (χ0n) is 13.9. The van der Waals surface area contributed by atoms with Crippen molar-refractivity contribution in [3.05, 3.63) is 65.4 Å². The minimum atomic E-state index is 0.183. The van der Waals surface area contributed by atoms with Crippen LogP contribution in [0.15, 0.2) is 59.2 Å². The quantitative estimate of drug-likeness (QED) is 0.550. The SMILES string of the molecule is NC(C=O)=C(c1ccccc1)c1ccc2nc(N)n(C3=NCCS3)c2c1. The van der Waals surface area contributed by atoms with Gasteiger partial charge in [-0.25, -0.2) is 4.98 Å². The molecule has 26 heavy (non-hydrogen) atoms. The molecule has 1 aromatic heterocycles. The number of allylic oxidation sites excluding steroid dienone is 1. The van der Waals surface area contributed by atoms with Gasteiger partial charge in [-0.2, -0.15) is 0 Å². The number of aliphatic imine (C=N–C) groups is 1. The summed E-state index contributed by atoms with van der Waals surface area (Å²) in [5.41, 5.74) is 16.4. The van der Waals surface area contributed by atoms with Crippen molar-refractivity contribution in [3.8, 4) is 0 Å². The minimum absolute atomic E-state index is 0.183. The molecule has 0 fully saturated rings. The van der Waals surface area contributed by atoms with E-state index in [9.17, 15) is 4.79 Å². The van der Waals surface area contributed by atoms with Crippen LogP contribution in [0.5, 0.6) is 0 Å². The molecule has 0 radical (unpaired) electrons. The van der Waals surface area contributed by atoms with Crippen LogP contribution < -0.4 is 11.5 Å². The Morgan fingerprint density at radius 3 is 2.65 bits per heavy atom. The molecule has 0 unspecified atom stereocenters. The van der Waals surface area contributed by atoms with Gasteiger partial charge in [0.1, 0.15) is 0 Å². The van der Waals surface area contributed by atoms with Crippen LogP contribution in [0.1, 0.15) is 11.1 Å². The van der Waals surface area contributed by atoms with Gasteiger partial charge in [0.05, 0.1) is 23.3 Å². The van der Waals surface area contributed by atoms with Crippen LogP contribution >= 0.6 is 11.8 Å². The van der Waals surface area contributed by atoms with E-state index >= 15 is 0 Å². The maximum absolute atomic E-state index is 11.4. The number of carbonyl (C=O) groups is 1. The van der Waals surface area contributed by atoms with Crippen molar-refractivity contribution in [1.82, 2.24) is 9.55 Å². The molecule has 6 nitrogen and oxygen atoms in total. The largest absolute Gasteiger partial charge is 0.396 e. The fourth-order valence-corrected chi connectivity index (χ4v) is 3.94. The van der Waals surface area contributed by atoms with E-state index in [1.165, 1.54) is 0 Å². The molecule has 0 amide bonds. The molecule has 1 aliphatic rings. The standard InChI is InChI=1S/C19H17N5OS/c20-14(11-25)17(12-4-2-1-3-5-12)13-6-7-15-16(10-13)24(18(21)23-15)19-22-8-9-26-19/h1-7,10-11H,8-9,20H2,(H2,21,23).